The normalized spacial score (nSPS) is 21.3. The van der Waals surface area contributed by atoms with Gasteiger partial charge in [0.1, 0.15) is 40.3 Å². The highest BCUT2D eigenvalue weighted by Gasteiger charge is 2.43. The van der Waals surface area contributed by atoms with Crippen LogP contribution >= 0.6 is 11.6 Å². The van der Waals surface area contributed by atoms with Crippen LogP contribution < -0.4 is 9.64 Å². The van der Waals surface area contributed by atoms with Crippen LogP contribution in [0, 0.1) is 5.82 Å². The number of aromatic nitrogens is 1. The average molecular weight is 544 g/mol. The molecule has 2 aromatic rings. The lowest BCUT2D eigenvalue weighted by Crippen LogP contribution is -2.59. The minimum atomic E-state index is -0.695. The molecule has 1 aromatic carbocycles. The summed E-state index contributed by atoms with van der Waals surface area (Å²) < 4.78 is 21.2. The summed E-state index contributed by atoms with van der Waals surface area (Å²) in [6.45, 7) is 10.7. The van der Waals surface area contributed by atoms with Gasteiger partial charge >= 0.3 is 0 Å². The summed E-state index contributed by atoms with van der Waals surface area (Å²) >= 11 is 6.81. The summed E-state index contributed by atoms with van der Waals surface area (Å²) in [6.07, 6.45) is 1.26. The van der Waals surface area contributed by atoms with Gasteiger partial charge in [-0.05, 0) is 39.1 Å². The van der Waals surface area contributed by atoms with Crippen LogP contribution in [0.5, 0.6) is 11.5 Å². The lowest BCUT2D eigenvalue weighted by molar-refractivity contribution is -0.128. The largest absolute Gasteiger partial charge is 0.507 e. The highest BCUT2D eigenvalue weighted by atomic mass is 35.5. The Morgan fingerprint density at radius 3 is 2.71 bits per heavy atom. The van der Waals surface area contributed by atoms with Gasteiger partial charge in [0.25, 0.3) is 5.91 Å². The minimum absolute atomic E-state index is 0.00174. The fourth-order valence-electron chi connectivity index (χ4n) is 5.67. The van der Waals surface area contributed by atoms with Gasteiger partial charge in [0, 0.05) is 44.8 Å². The fraction of sp³-hybridized carbons (Fsp3) is 0.444. The number of phenols is 1. The number of carbonyl (C=O) groups is 2. The van der Waals surface area contributed by atoms with E-state index in [9.17, 15) is 14.7 Å². The van der Waals surface area contributed by atoms with E-state index in [2.05, 4.69) is 25.3 Å². The first-order valence-electron chi connectivity index (χ1n) is 12.6. The second-order valence-corrected chi connectivity index (χ2v) is 11.0. The van der Waals surface area contributed by atoms with Crippen molar-refractivity contribution in [2.45, 2.75) is 25.4 Å². The maximum atomic E-state index is 15.0. The molecule has 0 spiro atoms. The summed E-state index contributed by atoms with van der Waals surface area (Å²) in [6, 6.07) is 3.56. The number of ether oxygens (including phenoxy) is 1. The molecular weight excluding hydrogens is 513 g/mol. The molecule has 0 aliphatic carbocycles. The number of piperazine rings is 2. The number of likely N-dealkylation sites (N-methyl/N-ethyl adjacent to an activating group) is 1. The average Bonchev–Trinajstić information content (AvgIpc) is 3.01. The molecule has 3 aliphatic heterocycles. The molecule has 11 heteroatoms. The van der Waals surface area contributed by atoms with Crippen molar-refractivity contribution in [3.05, 3.63) is 47.3 Å². The zero-order valence-corrected chi connectivity index (χ0v) is 22.5. The fourth-order valence-corrected chi connectivity index (χ4v) is 5.96. The Morgan fingerprint density at radius 1 is 1.26 bits per heavy atom. The van der Waals surface area contributed by atoms with Gasteiger partial charge in [-0.25, -0.2) is 9.37 Å². The van der Waals surface area contributed by atoms with Crippen LogP contribution in [0.25, 0.3) is 11.3 Å². The van der Waals surface area contributed by atoms with E-state index < -0.39 is 17.4 Å². The number of rotatable bonds is 3. The molecule has 0 radical (unpaired) electrons. The van der Waals surface area contributed by atoms with E-state index in [-0.39, 0.29) is 58.3 Å². The molecule has 202 valence electrons. The molecule has 9 nitrogen and oxygen atoms in total. The molecule has 0 unspecified atom stereocenters. The van der Waals surface area contributed by atoms with Gasteiger partial charge in [0.15, 0.2) is 5.75 Å². The maximum Gasteiger partial charge on any atom is 0.261 e. The zero-order valence-electron chi connectivity index (χ0n) is 21.7. The topological polar surface area (TPSA) is 89.5 Å². The van der Waals surface area contributed by atoms with E-state index in [1.54, 1.807) is 9.80 Å². The van der Waals surface area contributed by atoms with Crippen LogP contribution in [0.1, 0.15) is 24.2 Å². The quantitative estimate of drug-likeness (QED) is 0.595. The molecule has 0 bridgehead atoms. The first-order chi connectivity index (χ1) is 18.0. The molecule has 2 saturated heterocycles. The van der Waals surface area contributed by atoms with Gasteiger partial charge in [-0.3, -0.25) is 9.59 Å². The van der Waals surface area contributed by atoms with Crippen molar-refractivity contribution in [3.63, 3.8) is 0 Å². The van der Waals surface area contributed by atoms with Gasteiger partial charge in [-0.15, -0.1) is 0 Å². The third-order valence-corrected chi connectivity index (χ3v) is 7.87. The van der Waals surface area contributed by atoms with Crippen LogP contribution in [0.2, 0.25) is 5.02 Å². The first kappa shape index (κ1) is 26.2. The second kappa shape index (κ2) is 9.74. The maximum absolute atomic E-state index is 15.0. The van der Waals surface area contributed by atoms with Crippen molar-refractivity contribution in [2.24, 2.45) is 0 Å². The van der Waals surface area contributed by atoms with Crippen molar-refractivity contribution in [2.75, 3.05) is 57.8 Å². The van der Waals surface area contributed by atoms with E-state index in [0.29, 0.717) is 32.0 Å². The summed E-state index contributed by atoms with van der Waals surface area (Å²) in [4.78, 5) is 38.8. The van der Waals surface area contributed by atoms with E-state index in [0.717, 1.165) is 6.54 Å². The number of anilines is 1. The van der Waals surface area contributed by atoms with Crippen molar-refractivity contribution in [3.8, 4) is 22.8 Å². The smallest absolute Gasteiger partial charge is 0.261 e. The molecule has 38 heavy (non-hydrogen) atoms. The van der Waals surface area contributed by atoms with Gasteiger partial charge in [0.05, 0.1) is 11.6 Å². The number of carbonyl (C=O) groups excluding carboxylic acids is 2. The molecule has 2 fully saturated rings. The van der Waals surface area contributed by atoms with Crippen LogP contribution in [-0.4, -0.2) is 101 Å². The SMILES string of the molecule is C=CC(=O)N1CCN2C(=O)c3c(N4CCN(C)CC4(C)C)nc(-c4c(O)cccc4F)c(Cl)c3OC[C@H]2C1. The number of fused-ring (bicyclic) bond motifs is 2. The number of hydrogen-bond donors (Lipinski definition) is 1. The zero-order chi connectivity index (χ0) is 27.4. The lowest BCUT2D eigenvalue weighted by atomic mass is 9.97. The predicted molar refractivity (Wildman–Crippen MR) is 142 cm³/mol. The van der Waals surface area contributed by atoms with E-state index >= 15 is 4.39 Å². The number of halogens is 2. The first-order valence-corrected chi connectivity index (χ1v) is 12.9. The molecule has 1 atom stereocenters. The number of nitrogens with zero attached hydrogens (tertiary/aromatic N) is 5. The molecule has 1 N–H and O–H groups in total. The predicted octanol–water partition coefficient (Wildman–Crippen LogP) is 3.01. The van der Waals surface area contributed by atoms with Crippen LogP contribution in [0.3, 0.4) is 0 Å². The van der Waals surface area contributed by atoms with Crippen LogP contribution in [0.4, 0.5) is 10.2 Å². The summed E-state index contributed by atoms with van der Waals surface area (Å²) in [5.41, 5.74) is -0.383. The van der Waals surface area contributed by atoms with Crippen LogP contribution in [-0.2, 0) is 4.79 Å². The molecule has 2 amide bonds. The highest BCUT2D eigenvalue weighted by molar-refractivity contribution is 6.35. The number of phenolic OH excluding ortho intramolecular Hbond substituents is 1. The van der Waals surface area contributed by atoms with Gasteiger partial charge in [-0.2, -0.15) is 0 Å². The van der Waals surface area contributed by atoms with Crippen molar-refractivity contribution >= 4 is 29.2 Å². The van der Waals surface area contributed by atoms with E-state index in [1.807, 2.05) is 11.9 Å². The van der Waals surface area contributed by atoms with Crippen molar-refractivity contribution in [1.29, 1.82) is 0 Å². The molecular formula is C27H31ClFN5O4. The molecule has 0 saturated carbocycles. The van der Waals surface area contributed by atoms with Crippen LogP contribution in [0.15, 0.2) is 30.9 Å². The Balaban J connectivity index is 1.69. The Hall–Kier alpha value is -3.37. The summed E-state index contributed by atoms with van der Waals surface area (Å²) in [5, 5.41) is 10.5. The number of aromatic hydroxyl groups is 1. The Bertz CT molecular complexity index is 1300. The Kier molecular flexibility index (Phi) is 6.73. The minimum Gasteiger partial charge on any atom is -0.507 e. The van der Waals surface area contributed by atoms with E-state index in [4.69, 9.17) is 21.3 Å². The van der Waals surface area contributed by atoms with E-state index in [1.165, 1.54) is 24.3 Å². The summed E-state index contributed by atoms with van der Waals surface area (Å²) in [5.74, 6) is -1.11. The molecule has 5 rings (SSSR count). The van der Waals surface area contributed by atoms with Gasteiger partial charge in [0.2, 0.25) is 5.91 Å². The highest BCUT2D eigenvalue weighted by Crippen LogP contribution is 2.47. The number of pyridine rings is 1. The number of amides is 2. The molecule has 3 aliphatic rings. The van der Waals surface area contributed by atoms with Crippen molar-refractivity contribution < 1.29 is 23.8 Å². The summed E-state index contributed by atoms with van der Waals surface area (Å²) in [7, 11) is 2.03. The standard InChI is InChI=1S/C27H31ClFN5O4/c1-5-19(36)32-10-11-33-16(13-32)14-38-24-21(26(33)37)25(34-12-9-31(4)15-27(34,2)3)30-23(22(24)28)20-17(29)7-6-8-18(20)35/h5-8,16,35H,1,9-15H2,2-4H3/t16-/m1/s1. The number of hydrogen-bond acceptors (Lipinski definition) is 7. The lowest BCUT2D eigenvalue weighted by Gasteiger charge is -2.47. The second-order valence-electron chi connectivity index (χ2n) is 10.6. The number of benzene rings is 1. The molecule has 1 aromatic heterocycles. The van der Waals surface area contributed by atoms with Crippen molar-refractivity contribution in [1.82, 2.24) is 19.7 Å². The van der Waals surface area contributed by atoms with Gasteiger partial charge in [-0.1, -0.05) is 24.2 Å². The Morgan fingerprint density at radius 2 is 2.03 bits per heavy atom. The monoisotopic (exact) mass is 543 g/mol. The molecule has 4 heterocycles. The third kappa shape index (κ3) is 4.35. The Labute approximate surface area is 226 Å². The third-order valence-electron chi connectivity index (χ3n) is 7.52. The van der Waals surface area contributed by atoms with Gasteiger partial charge < -0.3 is 29.4 Å².